The number of ether oxygens (including phenoxy) is 1. The van der Waals surface area contributed by atoms with Crippen LogP contribution in [0.15, 0.2) is 40.9 Å². The number of hydrogen-bond acceptors (Lipinski definition) is 2. The first-order valence-electron chi connectivity index (χ1n) is 6.98. The van der Waals surface area contributed by atoms with Gasteiger partial charge in [-0.25, -0.2) is 0 Å². The van der Waals surface area contributed by atoms with Crippen LogP contribution in [0.2, 0.25) is 5.02 Å². The molecule has 1 N–H and O–H groups in total. The Morgan fingerprint density at radius 2 is 2.00 bits per heavy atom. The zero-order valence-corrected chi connectivity index (χ0v) is 14.3. The van der Waals surface area contributed by atoms with E-state index < -0.39 is 0 Å². The van der Waals surface area contributed by atoms with E-state index in [0.29, 0.717) is 0 Å². The normalized spacial score (nSPS) is 20.8. The van der Waals surface area contributed by atoms with Crippen LogP contribution >= 0.6 is 27.5 Å². The van der Waals surface area contributed by atoms with Crippen molar-refractivity contribution in [3.8, 4) is 5.75 Å². The van der Waals surface area contributed by atoms with Crippen molar-refractivity contribution in [2.45, 2.75) is 25.5 Å². The summed E-state index contributed by atoms with van der Waals surface area (Å²) in [5.74, 6) is 0.947. The molecule has 2 aromatic rings. The van der Waals surface area contributed by atoms with Crippen molar-refractivity contribution >= 4 is 27.5 Å². The Labute approximate surface area is 138 Å². The van der Waals surface area contributed by atoms with Gasteiger partial charge in [0.2, 0.25) is 0 Å². The van der Waals surface area contributed by atoms with Gasteiger partial charge in [0.1, 0.15) is 11.9 Å². The van der Waals surface area contributed by atoms with Crippen LogP contribution in [-0.2, 0) is 0 Å². The predicted molar refractivity (Wildman–Crippen MR) is 90.1 cm³/mol. The maximum absolute atomic E-state index is 6.21. The number of hydrogen-bond donors (Lipinski definition) is 1. The number of aryl methyl sites for hydroxylation is 1. The second kappa shape index (κ2) is 5.99. The minimum atomic E-state index is -0.00858. The zero-order valence-electron chi connectivity index (χ0n) is 12.0. The lowest BCUT2D eigenvalue weighted by molar-refractivity contribution is 0.153. The molecule has 1 heterocycles. The SMILES string of the molecule is CNC1CC(c2cc(Cl)ccc2Br)Oc2ccc(C)cc21. The van der Waals surface area contributed by atoms with Crippen molar-refractivity contribution in [1.29, 1.82) is 0 Å². The molecule has 0 fully saturated rings. The third-order valence-electron chi connectivity index (χ3n) is 3.91. The van der Waals surface area contributed by atoms with Crippen molar-refractivity contribution in [2.24, 2.45) is 0 Å². The van der Waals surface area contributed by atoms with Gasteiger partial charge in [0, 0.05) is 33.1 Å². The molecular formula is C17H17BrClNO. The number of halogens is 2. The topological polar surface area (TPSA) is 21.3 Å². The standard InChI is InChI=1S/C17H17BrClNO/c1-10-3-6-16-13(7-10)15(20-2)9-17(21-16)12-8-11(19)4-5-14(12)18/h3-8,15,17,20H,9H2,1-2H3. The fourth-order valence-corrected chi connectivity index (χ4v) is 3.50. The van der Waals surface area contributed by atoms with E-state index in [2.05, 4.69) is 46.4 Å². The molecule has 2 aromatic carbocycles. The number of rotatable bonds is 2. The molecule has 1 aliphatic heterocycles. The van der Waals surface area contributed by atoms with Crippen LogP contribution in [-0.4, -0.2) is 7.05 Å². The molecule has 110 valence electrons. The summed E-state index contributed by atoms with van der Waals surface area (Å²) in [5, 5.41) is 4.12. The van der Waals surface area contributed by atoms with Gasteiger partial charge in [-0.1, -0.05) is 45.2 Å². The summed E-state index contributed by atoms with van der Waals surface area (Å²) in [6, 6.07) is 12.4. The Morgan fingerprint density at radius 3 is 2.76 bits per heavy atom. The van der Waals surface area contributed by atoms with Crippen molar-refractivity contribution in [1.82, 2.24) is 5.32 Å². The highest BCUT2D eigenvalue weighted by Crippen LogP contribution is 2.43. The zero-order chi connectivity index (χ0) is 15.0. The van der Waals surface area contributed by atoms with Crippen LogP contribution in [0.25, 0.3) is 0 Å². The summed E-state index contributed by atoms with van der Waals surface area (Å²) in [6.07, 6.45) is 0.872. The van der Waals surface area contributed by atoms with E-state index in [0.717, 1.165) is 27.2 Å². The summed E-state index contributed by atoms with van der Waals surface area (Å²) in [4.78, 5) is 0. The molecular weight excluding hydrogens is 350 g/mol. The molecule has 2 atom stereocenters. The highest BCUT2D eigenvalue weighted by Gasteiger charge is 2.29. The third kappa shape index (κ3) is 2.96. The average Bonchev–Trinajstić information content (AvgIpc) is 2.48. The monoisotopic (exact) mass is 365 g/mol. The predicted octanol–water partition coefficient (Wildman–Crippen LogP) is 5.20. The molecule has 0 aliphatic carbocycles. The average molecular weight is 367 g/mol. The first-order chi connectivity index (χ1) is 10.1. The first kappa shape index (κ1) is 14.9. The molecule has 0 amide bonds. The fraction of sp³-hybridized carbons (Fsp3) is 0.294. The van der Waals surface area contributed by atoms with E-state index in [9.17, 15) is 0 Å². The van der Waals surface area contributed by atoms with Crippen LogP contribution in [0.4, 0.5) is 0 Å². The molecule has 1 aliphatic rings. The van der Waals surface area contributed by atoms with E-state index >= 15 is 0 Å². The van der Waals surface area contributed by atoms with E-state index in [1.807, 2.05) is 25.2 Å². The summed E-state index contributed by atoms with van der Waals surface area (Å²) in [6.45, 7) is 2.10. The van der Waals surface area contributed by atoms with Crippen LogP contribution in [0.5, 0.6) is 5.75 Å². The molecule has 2 unspecified atom stereocenters. The van der Waals surface area contributed by atoms with E-state index in [1.165, 1.54) is 11.1 Å². The summed E-state index contributed by atoms with van der Waals surface area (Å²) in [5.41, 5.74) is 3.57. The van der Waals surface area contributed by atoms with Gasteiger partial charge in [0.05, 0.1) is 0 Å². The highest BCUT2D eigenvalue weighted by atomic mass is 79.9. The molecule has 0 spiro atoms. The molecule has 4 heteroatoms. The van der Waals surface area contributed by atoms with Gasteiger partial charge < -0.3 is 10.1 Å². The van der Waals surface area contributed by atoms with Gasteiger partial charge in [-0.2, -0.15) is 0 Å². The van der Waals surface area contributed by atoms with Gasteiger partial charge in [-0.05, 0) is 38.2 Å². The minimum absolute atomic E-state index is 0.00858. The lowest BCUT2D eigenvalue weighted by Gasteiger charge is -2.33. The summed E-state index contributed by atoms with van der Waals surface area (Å²) >= 11 is 9.74. The van der Waals surface area contributed by atoms with Gasteiger partial charge >= 0.3 is 0 Å². The number of fused-ring (bicyclic) bond motifs is 1. The fourth-order valence-electron chi connectivity index (χ4n) is 2.82. The molecule has 2 nitrogen and oxygen atoms in total. The second-order valence-electron chi connectivity index (χ2n) is 5.39. The molecule has 0 radical (unpaired) electrons. The molecule has 21 heavy (non-hydrogen) atoms. The molecule has 3 rings (SSSR count). The first-order valence-corrected chi connectivity index (χ1v) is 8.15. The van der Waals surface area contributed by atoms with E-state index in [-0.39, 0.29) is 12.1 Å². The Morgan fingerprint density at radius 1 is 1.19 bits per heavy atom. The largest absolute Gasteiger partial charge is 0.485 e. The van der Waals surface area contributed by atoms with Crippen molar-refractivity contribution in [2.75, 3.05) is 7.05 Å². The van der Waals surface area contributed by atoms with Crippen molar-refractivity contribution in [3.63, 3.8) is 0 Å². The lowest BCUT2D eigenvalue weighted by atomic mass is 9.92. The molecule has 0 bridgehead atoms. The summed E-state index contributed by atoms with van der Waals surface area (Å²) in [7, 11) is 1.99. The van der Waals surface area contributed by atoms with Gasteiger partial charge in [0.15, 0.2) is 0 Å². The van der Waals surface area contributed by atoms with Gasteiger partial charge in [-0.15, -0.1) is 0 Å². The van der Waals surface area contributed by atoms with Crippen LogP contribution in [0.1, 0.15) is 35.3 Å². The van der Waals surface area contributed by atoms with Gasteiger partial charge in [0.25, 0.3) is 0 Å². The molecule has 0 aromatic heterocycles. The smallest absolute Gasteiger partial charge is 0.127 e. The van der Waals surface area contributed by atoms with E-state index in [1.54, 1.807) is 0 Å². The Hall–Kier alpha value is -1.03. The Bertz CT molecular complexity index is 674. The van der Waals surface area contributed by atoms with Crippen LogP contribution < -0.4 is 10.1 Å². The van der Waals surface area contributed by atoms with Crippen LogP contribution in [0.3, 0.4) is 0 Å². The second-order valence-corrected chi connectivity index (χ2v) is 6.68. The minimum Gasteiger partial charge on any atom is -0.485 e. The quantitative estimate of drug-likeness (QED) is 0.789. The highest BCUT2D eigenvalue weighted by molar-refractivity contribution is 9.10. The molecule has 0 saturated carbocycles. The Kier molecular flexibility index (Phi) is 4.25. The molecule has 0 saturated heterocycles. The third-order valence-corrected chi connectivity index (χ3v) is 4.87. The lowest BCUT2D eigenvalue weighted by Crippen LogP contribution is -2.27. The maximum atomic E-state index is 6.21. The summed E-state index contributed by atoms with van der Waals surface area (Å²) < 4.78 is 7.24. The van der Waals surface area contributed by atoms with Crippen LogP contribution in [0, 0.1) is 6.92 Å². The van der Waals surface area contributed by atoms with Crippen molar-refractivity contribution in [3.05, 3.63) is 62.6 Å². The van der Waals surface area contributed by atoms with Gasteiger partial charge in [-0.3, -0.25) is 0 Å². The number of nitrogens with one attached hydrogen (secondary N) is 1. The van der Waals surface area contributed by atoms with E-state index in [4.69, 9.17) is 16.3 Å². The van der Waals surface area contributed by atoms with Crippen molar-refractivity contribution < 1.29 is 4.74 Å². The maximum Gasteiger partial charge on any atom is 0.127 e. The number of benzene rings is 2. The Balaban J connectivity index is 2.00.